The van der Waals surface area contributed by atoms with Crippen molar-refractivity contribution in [2.24, 2.45) is 11.8 Å². The zero-order valence-corrected chi connectivity index (χ0v) is 14.9. The Morgan fingerprint density at radius 3 is 3.04 bits per heavy atom. The molecule has 5 nitrogen and oxygen atoms in total. The highest BCUT2D eigenvalue weighted by Crippen LogP contribution is 2.47. The number of esters is 1. The van der Waals surface area contributed by atoms with Crippen LogP contribution in [0.5, 0.6) is 0 Å². The maximum atomic E-state index is 12.3. The van der Waals surface area contributed by atoms with Crippen molar-refractivity contribution >= 4 is 16.9 Å². The van der Waals surface area contributed by atoms with Gasteiger partial charge in [-0.3, -0.25) is 9.69 Å². The van der Waals surface area contributed by atoms with Crippen LogP contribution in [0.4, 0.5) is 0 Å². The number of aliphatic hydroxyl groups excluding tert-OH is 1. The van der Waals surface area contributed by atoms with Crippen LogP contribution >= 0.6 is 0 Å². The number of nitrogens with one attached hydrogen (secondary N) is 1. The van der Waals surface area contributed by atoms with Gasteiger partial charge in [-0.2, -0.15) is 0 Å². The molecule has 1 fully saturated rings. The molecule has 4 atom stereocenters. The zero-order chi connectivity index (χ0) is 17.8. The predicted molar refractivity (Wildman–Crippen MR) is 98.6 cm³/mol. The van der Waals surface area contributed by atoms with Crippen LogP contribution in [-0.4, -0.2) is 47.3 Å². The van der Waals surface area contributed by atoms with Crippen LogP contribution in [0.1, 0.15) is 30.1 Å². The average Bonchev–Trinajstić information content (AvgIpc) is 3.05. The summed E-state index contributed by atoms with van der Waals surface area (Å²) in [6.45, 7) is 1.92. The maximum absolute atomic E-state index is 12.3. The molecular formula is C21H24N2O3. The van der Waals surface area contributed by atoms with E-state index in [0.29, 0.717) is 6.42 Å². The number of aliphatic hydroxyl groups is 1. The van der Waals surface area contributed by atoms with Crippen LogP contribution in [0, 0.1) is 11.8 Å². The number of piperidine rings is 1. The number of para-hydroxylation sites is 1. The third kappa shape index (κ3) is 2.27. The first-order valence-corrected chi connectivity index (χ1v) is 9.45. The lowest BCUT2D eigenvalue weighted by Crippen LogP contribution is -2.49. The number of hydrogen-bond acceptors (Lipinski definition) is 4. The Kier molecular flexibility index (Phi) is 3.69. The first-order chi connectivity index (χ1) is 12.7. The number of nitrogens with zero attached hydrogens (tertiary/aromatic N) is 1. The number of methoxy groups -OCH3 is 1. The smallest absolute Gasteiger partial charge is 0.311 e. The molecule has 5 rings (SSSR count). The van der Waals surface area contributed by atoms with Crippen LogP contribution in [0.3, 0.4) is 0 Å². The number of aromatic nitrogens is 1. The van der Waals surface area contributed by atoms with Crippen LogP contribution in [-0.2, 0) is 16.0 Å². The van der Waals surface area contributed by atoms with Gasteiger partial charge in [0.15, 0.2) is 0 Å². The Hall–Kier alpha value is -2.11. The first kappa shape index (κ1) is 16.1. The van der Waals surface area contributed by atoms with E-state index in [2.05, 4.69) is 40.2 Å². The van der Waals surface area contributed by atoms with Crippen molar-refractivity contribution in [2.45, 2.75) is 31.4 Å². The van der Waals surface area contributed by atoms with Crippen LogP contribution in [0.15, 0.2) is 35.9 Å². The number of ether oxygens (including phenoxy) is 1. The number of benzene rings is 1. The number of fused-ring (bicyclic) bond motifs is 6. The second-order valence-electron chi connectivity index (χ2n) is 7.77. The molecule has 1 aliphatic carbocycles. The molecule has 0 radical (unpaired) electrons. The Balaban J connectivity index is 1.55. The second-order valence-corrected chi connectivity index (χ2v) is 7.77. The largest absolute Gasteiger partial charge is 0.469 e. The summed E-state index contributed by atoms with van der Waals surface area (Å²) in [5.74, 6) is -0.670. The Morgan fingerprint density at radius 2 is 2.19 bits per heavy atom. The van der Waals surface area contributed by atoms with Gasteiger partial charge < -0.3 is 14.8 Å². The molecule has 2 aliphatic heterocycles. The number of H-pyrrole nitrogens is 1. The van der Waals surface area contributed by atoms with Gasteiger partial charge in [-0.1, -0.05) is 29.8 Å². The molecule has 1 aromatic heterocycles. The minimum Gasteiger partial charge on any atom is -0.469 e. The van der Waals surface area contributed by atoms with Crippen molar-refractivity contribution in [3.8, 4) is 0 Å². The van der Waals surface area contributed by atoms with Crippen molar-refractivity contribution in [3.05, 3.63) is 47.2 Å². The van der Waals surface area contributed by atoms with E-state index in [-0.39, 0.29) is 17.9 Å². The highest BCUT2D eigenvalue weighted by Gasteiger charge is 2.46. The van der Waals surface area contributed by atoms with Gasteiger partial charge in [-0.25, -0.2) is 0 Å². The molecule has 1 aromatic carbocycles. The van der Waals surface area contributed by atoms with Gasteiger partial charge in [0.2, 0.25) is 0 Å². The fraction of sp³-hybridized carbons (Fsp3) is 0.476. The topological polar surface area (TPSA) is 65.6 Å². The summed E-state index contributed by atoms with van der Waals surface area (Å²) in [6, 6.07) is 8.75. The van der Waals surface area contributed by atoms with Crippen LogP contribution in [0.25, 0.3) is 10.9 Å². The molecule has 26 heavy (non-hydrogen) atoms. The zero-order valence-electron chi connectivity index (χ0n) is 14.9. The number of carbonyl (C=O) groups excluding carboxylic acids is 1. The molecule has 3 heterocycles. The van der Waals surface area contributed by atoms with E-state index in [1.807, 2.05) is 0 Å². The number of rotatable bonds is 1. The third-order valence-electron chi connectivity index (χ3n) is 6.55. The van der Waals surface area contributed by atoms with E-state index in [1.54, 1.807) is 0 Å². The van der Waals surface area contributed by atoms with E-state index in [9.17, 15) is 9.90 Å². The van der Waals surface area contributed by atoms with E-state index in [4.69, 9.17) is 4.74 Å². The molecule has 3 aliphatic rings. The van der Waals surface area contributed by atoms with Gasteiger partial charge in [-0.15, -0.1) is 0 Å². The minimum absolute atomic E-state index is 0.0600. The van der Waals surface area contributed by atoms with Gasteiger partial charge in [0.05, 0.1) is 25.2 Å². The summed E-state index contributed by atoms with van der Waals surface area (Å²) in [7, 11) is 1.42. The summed E-state index contributed by atoms with van der Waals surface area (Å²) < 4.78 is 5.02. The Morgan fingerprint density at radius 1 is 1.35 bits per heavy atom. The van der Waals surface area contributed by atoms with Gasteiger partial charge in [0.25, 0.3) is 0 Å². The van der Waals surface area contributed by atoms with Crippen molar-refractivity contribution in [1.29, 1.82) is 0 Å². The molecule has 0 bridgehead atoms. The fourth-order valence-electron chi connectivity index (χ4n) is 5.31. The monoisotopic (exact) mass is 352 g/mol. The SMILES string of the molecule is COC(=O)[C@H]1[C@H](O)CC=C2CN3CCc4c([nH]c5ccccc45)[C@H]3C[C@@H]21. The van der Waals surface area contributed by atoms with Crippen molar-refractivity contribution in [3.63, 3.8) is 0 Å². The molecule has 136 valence electrons. The van der Waals surface area contributed by atoms with E-state index >= 15 is 0 Å². The molecule has 2 N–H and O–H groups in total. The Bertz CT molecular complexity index is 900. The standard InChI is InChI=1S/C21H24N2O3/c1-26-21(25)19-15-10-17-20-14(13-4-2-3-5-16(13)22-20)8-9-23(17)11-12(15)6-7-18(19)24/h2-6,15,17-19,22,24H,7-11H2,1H3/t15-,17+,18+,19+/m0/s1. The van der Waals surface area contributed by atoms with Crippen molar-refractivity contribution in [2.75, 3.05) is 20.2 Å². The van der Waals surface area contributed by atoms with Crippen molar-refractivity contribution < 1.29 is 14.6 Å². The Labute approximate surface area is 152 Å². The highest BCUT2D eigenvalue weighted by molar-refractivity contribution is 5.85. The number of aromatic amines is 1. The normalized spacial score (nSPS) is 30.9. The lowest BCUT2D eigenvalue weighted by Gasteiger charge is -2.47. The highest BCUT2D eigenvalue weighted by atomic mass is 16.5. The summed E-state index contributed by atoms with van der Waals surface area (Å²) in [4.78, 5) is 18.5. The van der Waals surface area contributed by atoms with Gasteiger partial charge in [0, 0.05) is 29.7 Å². The average molecular weight is 352 g/mol. The second kappa shape index (κ2) is 5.96. The number of carbonyl (C=O) groups is 1. The fourth-order valence-corrected chi connectivity index (χ4v) is 5.31. The molecule has 0 saturated carbocycles. The molecule has 0 amide bonds. The quantitative estimate of drug-likeness (QED) is 0.612. The summed E-state index contributed by atoms with van der Waals surface area (Å²) in [5.41, 5.74) is 5.19. The number of hydrogen-bond donors (Lipinski definition) is 2. The molecule has 1 saturated heterocycles. The van der Waals surface area contributed by atoms with Crippen LogP contribution in [0.2, 0.25) is 0 Å². The van der Waals surface area contributed by atoms with E-state index in [1.165, 1.54) is 34.8 Å². The lowest BCUT2D eigenvalue weighted by molar-refractivity contribution is -0.153. The third-order valence-corrected chi connectivity index (χ3v) is 6.55. The molecule has 0 spiro atoms. The van der Waals surface area contributed by atoms with Gasteiger partial charge in [-0.05, 0) is 36.8 Å². The molecule has 2 aromatic rings. The molecular weight excluding hydrogens is 328 g/mol. The summed E-state index contributed by atoms with van der Waals surface area (Å²) in [6.07, 6.45) is 3.95. The lowest BCUT2D eigenvalue weighted by atomic mass is 9.70. The summed E-state index contributed by atoms with van der Waals surface area (Å²) >= 11 is 0. The van der Waals surface area contributed by atoms with E-state index < -0.39 is 12.0 Å². The first-order valence-electron chi connectivity index (χ1n) is 9.45. The minimum atomic E-state index is -0.645. The van der Waals surface area contributed by atoms with Crippen molar-refractivity contribution in [1.82, 2.24) is 9.88 Å². The summed E-state index contributed by atoms with van der Waals surface area (Å²) in [5, 5.41) is 11.8. The van der Waals surface area contributed by atoms with Gasteiger partial charge >= 0.3 is 5.97 Å². The predicted octanol–water partition coefficient (Wildman–Crippen LogP) is 2.57. The maximum Gasteiger partial charge on any atom is 0.311 e. The van der Waals surface area contributed by atoms with Gasteiger partial charge in [0.1, 0.15) is 0 Å². The molecule has 0 unspecified atom stereocenters. The van der Waals surface area contributed by atoms with E-state index in [0.717, 1.165) is 25.9 Å². The van der Waals surface area contributed by atoms with Crippen LogP contribution < -0.4 is 0 Å². The molecule has 5 heteroatoms.